The summed E-state index contributed by atoms with van der Waals surface area (Å²) in [6, 6.07) is 13.3. The van der Waals surface area contributed by atoms with Crippen LogP contribution in [-0.4, -0.2) is 12.5 Å². The minimum Gasteiger partial charge on any atom is -0.493 e. The summed E-state index contributed by atoms with van der Waals surface area (Å²) in [6.45, 7) is 0.701. The third-order valence-electron chi connectivity index (χ3n) is 3.36. The highest BCUT2D eigenvalue weighted by atomic mass is 79.9. The molecule has 3 nitrogen and oxygen atoms in total. The number of para-hydroxylation sites is 1. The number of carbonyl (C=O) groups is 1. The van der Waals surface area contributed by atoms with Crippen molar-refractivity contribution in [1.29, 1.82) is 0 Å². The standard InChI is InChI=1S/C16H14BrNO2/c17-10-13-3-1-2-4-14(13)18-16(19)12-5-6-15-11(9-12)7-8-20-15/h1-6,9H,7-8,10H2,(H,18,19). The maximum Gasteiger partial charge on any atom is 0.255 e. The van der Waals surface area contributed by atoms with E-state index in [2.05, 4.69) is 21.2 Å². The van der Waals surface area contributed by atoms with E-state index in [1.165, 1.54) is 0 Å². The van der Waals surface area contributed by atoms with Gasteiger partial charge in [0.15, 0.2) is 0 Å². The molecule has 1 aliphatic rings. The number of halogens is 1. The molecule has 0 saturated heterocycles. The van der Waals surface area contributed by atoms with Gasteiger partial charge in [-0.15, -0.1) is 0 Å². The molecule has 2 aromatic carbocycles. The summed E-state index contributed by atoms with van der Waals surface area (Å²) in [6.07, 6.45) is 0.869. The van der Waals surface area contributed by atoms with Gasteiger partial charge >= 0.3 is 0 Å². The lowest BCUT2D eigenvalue weighted by atomic mass is 10.1. The van der Waals surface area contributed by atoms with Gasteiger partial charge < -0.3 is 10.1 Å². The highest BCUT2D eigenvalue weighted by Crippen LogP contribution is 2.26. The van der Waals surface area contributed by atoms with E-state index in [-0.39, 0.29) is 5.91 Å². The first-order chi connectivity index (χ1) is 9.78. The Morgan fingerprint density at radius 2 is 2.10 bits per heavy atom. The summed E-state index contributed by atoms with van der Waals surface area (Å²) < 4.78 is 5.45. The van der Waals surface area contributed by atoms with E-state index < -0.39 is 0 Å². The fourth-order valence-corrected chi connectivity index (χ4v) is 2.77. The normalized spacial score (nSPS) is 12.7. The fraction of sp³-hybridized carbons (Fsp3) is 0.188. The number of carbonyl (C=O) groups excluding carboxylic acids is 1. The Bertz CT molecular complexity index is 655. The van der Waals surface area contributed by atoms with Gasteiger partial charge in [-0.1, -0.05) is 34.1 Å². The molecule has 0 radical (unpaired) electrons. The zero-order valence-electron chi connectivity index (χ0n) is 10.9. The number of hydrogen-bond acceptors (Lipinski definition) is 2. The first-order valence-electron chi connectivity index (χ1n) is 6.49. The Balaban J connectivity index is 1.83. The van der Waals surface area contributed by atoms with Crippen LogP contribution in [0.2, 0.25) is 0 Å². The Hall–Kier alpha value is -1.81. The molecule has 1 N–H and O–H groups in total. The zero-order chi connectivity index (χ0) is 13.9. The minimum absolute atomic E-state index is 0.0897. The molecule has 0 bridgehead atoms. The van der Waals surface area contributed by atoms with Crippen LogP contribution in [-0.2, 0) is 11.8 Å². The van der Waals surface area contributed by atoms with Crippen LogP contribution >= 0.6 is 15.9 Å². The molecule has 0 atom stereocenters. The van der Waals surface area contributed by atoms with E-state index in [1.807, 2.05) is 36.4 Å². The summed E-state index contributed by atoms with van der Waals surface area (Å²) in [4.78, 5) is 12.3. The molecule has 1 amide bonds. The topological polar surface area (TPSA) is 38.3 Å². The van der Waals surface area contributed by atoms with Crippen LogP contribution in [0.3, 0.4) is 0 Å². The maximum atomic E-state index is 12.3. The first-order valence-corrected chi connectivity index (χ1v) is 7.61. The number of amides is 1. The van der Waals surface area contributed by atoms with Gasteiger partial charge in [-0.3, -0.25) is 4.79 Å². The van der Waals surface area contributed by atoms with Crippen molar-refractivity contribution < 1.29 is 9.53 Å². The molecule has 0 fully saturated rings. The van der Waals surface area contributed by atoms with Crippen molar-refractivity contribution in [1.82, 2.24) is 0 Å². The highest BCUT2D eigenvalue weighted by molar-refractivity contribution is 9.08. The first kappa shape index (κ1) is 13.2. The van der Waals surface area contributed by atoms with E-state index >= 15 is 0 Å². The molecule has 102 valence electrons. The summed E-state index contributed by atoms with van der Waals surface area (Å²) in [5, 5.41) is 3.67. The van der Waals surface area contributed by atoms with Crippen molar-refractivity contribution in [2.24, 2.45) is 0 Å². The predicted octanol–water partition coefficient (Wildman–Crippen LogP) is 3.77. The number of benzene rings is 2. The van der Waals surface area contributed by atoms with Crippen molar-refractivity contribution >= 4 is 27.5 Å². The quantitative estimate of drug-likeness (QED) is 0.869. The van der Waals surface area contributed by atoms with Crippen LogP contribution < -0.4 is 10.1 Å². The zero-order valence-corrected chi connectivity index (χ0v) is 12.4. The molecule has 0 aliphatic carbocycles. The third-order valence-corrected chi connectivity index (χ3v) is 3.97. The smallest absolute Gasteiger partial charge is 0.255 e. The van der Waals surface area contributed by atoms with Gasteiger partial charge in [0.2, 0.25) is 0 Å². The number of nitrogens with one attached hydrogen (secondary N) is 1. The summed E-state index contributed by atoms with van der Waals surface area (Å²) in [5.74, 6) is 0.801. The van der Waals surface area contributed by atoms with E-state index in [9.17, 15) is 4.79 Å². The van der Waals surface area contributed by atoms with Crippen molar-refractivity contribution in [2.75, 3.05) is 11.9 Å². The SMILES string of the molecule is O=C(Nc1ccccc1CBr)c1ccc2c(c1)CCO2. The lowest BCUT2D eigenvalue weighted by Gasteiger charge is -2.10. The van der Waals surface area contributed by atoms with E-state index in [0.29, 0.717) is 17.5 Å². The fourth-order valence-electron chi connectivity index (χ4n) is 2.28. The van der Waals surface area contributed by atoms with E-state index in [4.69, 9.17) is 4.74 Å². The number of hydrogen-bond donors (Lipinski definition) is 1. The molecule has 1 aliphatic heterocycles. The van der Waals surface area contributed by atoms with Gasteiger partial charge in [0.1, 0.15) is 5.75 Å². The molecule has 0 unspecified atom stereocenters. The van der Waals surface area contributed by atoms with Crippen molar-refractivity contribution in [2.45, 2.75) is 11.8 Å². The predicted molar refractivity (Wildman–Crippen MR) is 82.7 cm³/mol. The summed E-state index contributed by atoms with van der Waals surface area (Å²) >= 11 is 3.43. The Kier molecular flexibility index (Phi) is 3.74. The lowest BCUT2D eigenvalue weighted by Crippen LogP contribution is -2.13. The van der Waals surface area contributed by atoms with Gasteiger partial charge in [-0.25, -0.2) is 0 Å². The second kappa shape index (κ2) is 5.67. The van der Waals surface area contributed by atoms with Crippen molar-refractivity contribution in [3.05, 3.63) is 59.2 Å². The molecular weight excluding hydrogens is 318 g/mol. The average molecular weight is 332 g/mol. The highest BCUT2D eigenvalue weighted by Gasteiger charge is 2.15. The van der Waals surface area contributed by atoms with Crippen LogP contribution in [0.4, 0.5) is 5.69 Å². The van der Waals surface area contributed by atoms with Crippen molar-refractivity contribution in [3.63, 3.8) is 0 Å². The third kappa shape index (κ3) is 2.56. The average Bonchev–Trinajstić information content (AvgIpc) is 2.95. The molecule has 1 heterocycles. The van der Waals surface area contributed by atoms with Crippen LogP contribution in [0.15, 0.2) is 42.5 Å². The summed E-state index contributed by atoms with van der Waals surface area (Å²) in [7, 11) is 0. The van der Waals surface area contributed by atoms with E-state index in [1.54, 1.807) is 6.07 Å². The maximum absolute atomic E-state index is 12.3. The van der Waals surface area contributed by atoms with Gasteiger partial charge in [-0.05, 0) is 35.4 Å². The second-order valence-corrected chi connectivity index (χ2v) is 5.23. The summed E-state index contributed by atoms with van der Waals surface area (Å²) in [5.41, 5.74) is 3.67. The Morgan fingerprint density at radius 1 is 1.25 bits per heavy atom. The monoisotopic (exact) mass is 331 g/mol. The molecule has 3 rings (SSSR count). The van der Waals surface area contributed by atoms with Gasteiger partial charge in [-0.2, -0.15) is 0 Å². The van der Waals surface area contributed by atoms with Crippen LogP contribution in [0.5, 0.6) is 5.75 Å². The van der Waals surface area contributed by atoms with Crippen LogP contribution in [0, 0.1) is 0 Å². The van der Waals surface area contributed by atoms with Crippen molar-refractivity contribution in [3.8, 4) is 5.75 Å². The largest absolute Gasteiger partial charge is 0.493 e. The molecule has 20 heavy (non-hydrogen) atoms. The second-order valence-electron chi connectivity index (χ2n) is 4.67. The van der Waals surface area contributed by atoms with Gasteiger partial charge in [0.05, 0.1) is 6.61 Å². The molecular formula is C16H14BrNO2. The lowest BCUT2D eigenvalue weighted by molar-refractivity contribution is 0.102. The van der Waals surface area contributed by atoms with Crippen LogP contribution in [0.1, 0.15) is 21.5 Å². The minimum atomic E-state index is -0.0897. The van der Waals surface area contributed by atoms with Gasteiger partial charge in [0.25, 0.3) is 5.91 Å². The molecule has 2 aromatic rings. The number of anilines is 1. The van der Waals surface area contributed by atoms with Gasteiger partial charge in [0, 0.05) is 23.0 Å². The molecule has 0 spiro atoms. The van der Waals surface area contributed by atoms with E-state index in [0.717, 1.165) is 29.0 Å². The Labute approximate surface area is 126 Å². The van der Waals surface area contributed by atoms with Crippen LogP contribution in [0.25, 0.3) is 0 Å². The molecule has 0 saturated carbocycles. The number of alkyl halides is 1. The number of ether oxygens (including phenoxy) is 1. The molecule has 0 aromatic heterocycles. The number of rotatable bonds is 3. The number of fused-ring (bicyclic) bond motifs is 1. The molecule has 4 heteroatoms. The Morgan fingerprint density at radius 3 is 2.95 bits per heavy atom.